The zero-order valence-corrected chi connectivity index (χ0v) is 15.6. The van der Waals surface area contributed by atoms with Crippen LogP contribution in [0.2, 0.25) is 0 Å². The Morgan fingerprint density at radius 1 is 1.11 bits per heavy atom. The third kappa shape index (κ3) is 5.74. The van der Waals surface area contributed by atoms with E-state index in [1.54, 1.807) is 24.3 Å². The Balaban J connectivity index is 1.53. The summed E-state index contributed by atoms with van der Waals surface area (Å²) in [6.45, 7) is 3.22. The highest BCUT2D eigenvalue weighted by Gasteiger charge is 2.23. The van der Waals surface area contributed by atoms with E-state index in [4.69, 9.17) is 9.47 Å². The second-order valence-electron chi connectivity index (χ2n) is 6.55. The van der Waals surface area contributed by atoms with Gasteiger partial charge >= 0.3 is 0 Å². The third-order valence-corrected chi connectivity index (χ3v) is 4.66. The Kier molecular flexibility index (Phi) is 7.33. The first kappa shape index (κ1) is 20.2. The molecule has 0 bridgehead atoms. The van der Waals surface area contributed by atoms with Crippen LogP contribution in [-0.2, 0) is 9.53 Å². The highest BCUT2D eigenvalue weighted by atomic mass is 19.1. The third-order valence-electron chi connectivity index (χ3n) is 4.66. The quantitative estimate of drug-likeness (QED) is 0.753. The van der Waals surface area contributed by atoms with Crippen molar-refractivity contribution < 1.29 is 23.0 Å². The molecule has 0 radical (unpaired) electrons. The van der Waals surface area contributed by atoms with Gasteiger partial charge in [0.25, 0.3) is 0 Å². The molecule has 0 aromatic heterocycles. The van der Waals surface area contributed by atoms with Crippen molar-refractivity contribution >= 4 is 5.91 Å². The highest BCUT2D eigenvalue weighted by Crippen LogP contribution is 2.22. The minimum Gasteiger partial charge on any atom is -0.490 e. The largest absolute Gasteiger partial charge is 0.490 e. The molecule has 150 valence electrons. The number of carbonyl (C=O) groups is 1. The van der Waals surface area contributed by atoms with Crippen LogP contribution in [0.4, 0.5) is 8.78 Å². The van der Waals surface area contributed by atoms with Crippen molar-refractivity contribution in [3.63, 3.8) is 0 Å². The fourth-order valence-electron chi connectivity index (χ4n) is 3.15. The SMILES string of the molecule is O=C(CCOc1ccccc1F)NCC(c1ccc(F)cc1)N1CCOCC1. The van der Waals surface area contributed by atoms with Gasteiger partial charge in [-0.1, -0.05) is 24.3 Å². The molecule has 1 N–H and O–H groups in total. The van der Waals surface area contributed by atoms with Gasteiger partial charge in [0.15, 0.2) is 11.6 Å². The summed E-state index contributed by atoms with van der Waals surface area (Å²) in [6, 6.07) is 12.3. The van der Waals surface area contributed by atoms with E-state index in [2.05, 4.69) is 10.2 Å². The first-order valence-electron chi connectivity index (χ1n) is 9.35. The molecule has 0 spiro atoms. The number of nitrogens with zero attached hydrogens (tertiary/aromatic N) is 1. The summed E-state index contributed by atoms with van der Waals surface area (Å²) in [6.07, 6.45) is 0.119. The van der Waals surface area contributed by atoms with Crippen LogP contribution in [0.5, 0.6) is 5.75 Å². The molecular weight excluding hydrogens is 366 g/mol. The van der Waals surface area contributed by atoms with Gasteiger partial charge in [-0.3, -0.25) is 9.69 Å². The monoisotopic (exact) mass is 390 g/mol. The van der Waals surface area contributed by atoms with E-state index >= 15 is 0 Å². The lowest BCUT2D eigenvalue weighted by molar-refractivity contribution is -0.121. The van der Waals surface area contributed by atoms with E-state index in [0.29, 0.717) is 19.8 Å². The molecule has 2 aromatic carbocycles. The number of hydrogen-bond acceptors (Lipinski definition) is 4. The topological polar surface area (TPSA) is 50.8 Å². The van der Waals surface area contributed by atoms with Gasteiger partial charge in [-0.2, -0.15) is 0 Å². The van der Waals surface area contributed by atoms with Crippen molar-refractivity contribution in [3.8, 4) is 5.75 Å². The summed E-state index contributed by atoms with van der Waals surface area (Å²) in [5, 5.41) is 2.91. The van der Waals surface area contributed by atoms with Crippen molar-refractivity contribution in [2.45, 2.75) is 12.5 Å². The lowest BCUT2D eigenvalue weighted by Crippen LogP contribution is -2.44. The van der Waals surface area contributed by atoms with E-state index in [1.165, 1.54) is 24.3 Å². The maximum atomic E-state index is 13.5. The number of halogens is 2. The number of para-hydroxylation sites is 1. The molecule has 1 atom stereocenters. The minimum absolute atomic E-state index is 0.0686. The van der Waals surface area contributed by atoms with Crippen LogP contribution in [0, 0.1) is 11.6 Å². The van der Waals surface area contributed by atoms with Gasteiger partial charge in [-0.15, -0.1) is 0 Å². The molecule has 0 saturated carbocycles. The van der Waals surface area contributed by atoms with Crippen molar-refractivity contribution in [2.24, 2.45) is 0 Å². The molecular formula is C21H24F2N2O3. The fraction of sp³-hybridized carbons (Fsp3) is 0.381. The number of nitrogens with one attached hydrogen (secondary N) is 1. The van der Waals surface area contributed by atoms with Crippen LogP contribution >= 0.6 is 0 Å². The Morgan fingerprint density at radius 3 is 2.54 bits per heavy atom. The summed E-state index contributed by atoms with van der Waals surface area (Å²) in [4.78, 5) is 14.4. The van der Waals surface area contributed by atoms with Gasteiger partial charge in [-0.05, 0) is 29.8 Å². The molecule has 3 rings (SSSR count). The molecule has 0 aliphatic carbocycles. The maximum Gasteiger partial charge on any atom is 0.223 e. The molecule has 1 amide bonds. The number of carbonyl (C=O) groups excluding carboxylic acids is 1. The lowest BCUT2D eigenvalue weighted by atomic mass is 10.0. The van der Waals surface area contributed by atoms with E-state index in [1.807, 2.05) is 0 Å². The van der Waals surface area contributed by atoms with Crippen molar-refractivity contribution in [3.05, 3.63) is 65.7 Å². The zero-order valence-electron chi connectivity index (χ0n) is 15.6. The molecule has 28 heavy (non-hydrogen) atoms. The number of hydrogen-bond donors (Lipinski definition) is 1. The Labute approximate surface area is 163 Å². The number of amides is 1. The van der Waals surface area contributed by atoms with Gasteiger partial charge in [0.2, 0.25) is 5.91 Å². The van der Waals surface area contributed by atoms with E-state index < -0.39 is 5.82 Å². The van der Waals surface area contributed by atoms with Crippen LogP contribution in [-0.4, -0.2) is 50.3 Å². The summed E-state index contributed by atoms with van der Waals surface area (Å²) >= 11 is 0. The van der Waals surface area contributed by atoms with Crippen molar-refractivity contribution in [1.82, 2.24) is 10.2 Å². The number of morpholine rings is 1. The molecule has 5 nitrogen and oxygen atoms in total. The predicted molar refractivity (Wildman–Crippen MR) is 101 cm³/mol. The molecule has 2 aromatic rings. The van der Waals surface area contributed by atoms with Gasteiger partial charge < -0.3 is 14.8 Å². The molecule has 1 aliphatic rings. The molecule has 1 fully saturated rings. The minimum atomic E-state index is -0.452. The Morgan fingerprint density at radius 2 is 1.82 bits per heavy atom. The second-order valence-corrected chi connectivity index (χ2v) is 6.55. The first-order chi connectivity index (χ1) is 13.6. The normalized spacial score (nSPS) is 15.8. The fourth-order valence-corrected chi connectivity index (χ4v) is 3.15. The van der Waals surface area contributed by atoms with Gasteiger partial charge in [0, 0.05) is 19.6 Å². The van der Waals surface area contributed by atoms with Gasteiger partial charge in [-0.25, -0.2) is 8.78 Å². The summed E-state index contributed by atoms with van der Waals surface area (Å²) in [5.74, 6) is -0.796. The Bertz CT molecular complexity index is 765. The second kappa shape index (κ2) is 10.1. The summed E-state index contributed by atoms with van der Waals surface area (Å²) < 4.78 is 37.5. The van der Waals surface area contributed by atoms with Crippen LogP contribution in [0.1, 0.15) is 18.0 Å². The standard InChI is InChI=1S/C21H24F2N2O3/c22-17-7-5-16(6-8-17)19(25-10-13-27-14-11-25)15-24-21(26)9-12-28-20-4-2-1-3-18(20)23/h1-8,19H,9-15H2,(H,24,26). The van der Waals surface area contributed by atoms with Crippen molar-refractivity contribution in [1.29, 1.82) is 0 Å². The van der Waals surface area contributed by atoms with Crippen LogP contribution in [0.15, 0.2) is 48.5 Å². The highest BCUT2D eigenvalue weighted by molar-refractivity contribution is 5.76. The summed E-state index contributed by atoms with van der Waals surface area (Å²) in [5.41, 5.74) is 0.936. The van der Waals surface area contributed by atoms with Gasteiger partial charge in [0.1, 0.15) is 5.82 Å². The maximum absolute atomic E-state index is 13.5. The van der Waals surface area contributed by atoms with Crippen LogP contribution < -0.4 is 10.1 Å². The predicted octanol–water partition coefficient (Wildman–Crippen LogP) is 2.92. The zero-order chi connectivity index (χ0) is 19.8. The average Bonchev–Trinajstić information content (AvgIpc) is 2.72. The smallest absolute Gasteiger partial charge is 0.223 e. The number of benzene rings is 2. The summed E-state index contributed by atoms with van der Waals surface area (Å²) in [7, 11) is 0. The van der Waals surface area contributed by atoms with Crippen LogP contribution in [0.3, 0.4) is 0 Å². The van der Waals surface area contributed by atoms with Crippen molar-refractivity contribution in [2.75, 3.05) is 39.5 Å². The molecule has 1 heterocycles. The molecule has 7 heteroatoms. The average molecular weight is 390 g/mol. The van der Waals surface area contributed by atoms with E-state index in [-0.39, 0.29) is 36.5 Å². The first-order valence-corrected chi connectivity index (χ1v) is 9.35. The van der Waals surface area contributed by atoms with E-state index in [0.717, 1.165) is 18.7 Å². The Hall–Kier alpha value is -2.51. The van der Waals surface area contributed by atoms with Crippen LogP contribution in [0.25, 0.3) is 0 Å². The molecule has 1 unspecified atom stereocenters. The molecule has 1 aliphatic heterocycles. The van der Waals surface area contributed by atoms with E-state index in [9.17, 15) is 13.6 Å². The molecule has 1 saturated heterocycles. The van der Waals surface area contributed by atoms with Gasteiger partial charge in [0.05, 0.1) is 32.3 Å². The number of rotatable bonds is 8. The lowest BCUT2D eigenvalue weighted by Gasteiger charge is -2.35. The number of ether oxygens (including phenoxy) is 2.